The average molecular weight is 636 g/mol. The number of rotatable bonds is 10. The van der Waals surface area contributed by atoms with Gasteiger partial charge in [0, 0.05) is 29.7 Å². The first-order valence-corrected chi connectivity index (χ1v) is 15.7. The molecule has 3 aromatic carbocycles. The number of methoxy groups -OCH3 is 1. The molecule has 4 N–H and O–H groups in total. The highest BCUT2D eigenvalue weighted by Gasteiger charge is 2.58. The Hall–Kier alpha value is -5.45. The summed E-state index contributed by atoms with van der Waals surface area (Å²) in [5.41, 5.74) is 1.78. The van der Waals surface area contributed by atoms with Gasteiger partial charge in [0.2, 0.25) is 17.6 Å². The molecule has 3 heterocycles. The Labute approximate surface area is 272 Å². The van der Waals surface area contributed by atoms with E-state index in [0.717, 1.165) is 5.56 Å². The zero-order valence-electron chi connectivity index (χ0n) is 26.5. The predicted octanol–water partition coefficient (Wildman–Crippen LogP) is 3.70. The van der Waals surface area contributed by atoms with E-state index in [2.05, 4.69) is 20.9 Å². The van der Waals surface area contributed by atoms with Crippen molar-refractivity contribution in [2.75, 3.05) is 19.0 Å². The molecule has 3 atom stereocenters. The summed E-state index contributed by atoms with van der Waals surface area (Å²) in [4.78, 5) is 73.1. The number of amides is 4. The number of carbonyl (C=O) groups is 5. The summed E-state index contributed by atoms with van der Waals surface area (Å²) in [5.74, 6) is -2.47. The van der Waals surface area contributed by atoms with Crippen molar-refractivity contribution in [3.05, 3.63) is 95.7 Å². The van der Waals surface area contributed by atoms with E-state index in [9.17, 15) is 24.0 Å². The lowest BCUT2D eigenvalue weighted by Crippen LogP contribution is -2.54. The number of carbonyl (C=O) groups excluding carboxylic acids is 5. The summed E-state index contributed by atoms with van der Waals surface area (Å²) in [6.07, 6.45) is 0.199. The lowest BCUT2D eigenvalue weighted by atomic mass is 9.79. The number of anilines is 1. The molecule has 1 aromatic heterocycles. The van der Waals surface area contributed by atoms with Crippen molar-refractivity contribution < 1.29 is 28.7 Å². The fourth-order valence-electron chi connectivity index (χ4n) is 6.68. The number of aromatic amines is 1. The van der Waals surface area contributed by atoms with E-state index >= 15 is 0 Å². The maximum absolute atomic E-state index is 14.5. The lowest BCUT2D eigenvalue weighted by Gasteiger charge is -2.29. The van der Waals surface area contributed by atoms with Crippen LogP contribution < -0.4 is 20.7 Å². The Morgan fingerprint density at radius 2 is 1.74 bits per heavy atom. The number of aromatic nitrogens is 1. The molecule has 4 amide bonds. The summed E-state index contributed by atoms with van der Waals surface area (Å²) in [7, 11) is 1.55. The molecule has 1 spiro atoms. The SMILES string of the molecule is COc1cccc2[nH]c(C(=O)N[C@@H](CC(C)C)C(=O)N3C[C@]4(CC3C(=O)C(=O)NCc3ccccc3)C(=O)Nc3ccccc34)cc12. The fourth-order valence-corrected chi connectivity index (χ4v) is 6.68. The maximum atomic E-state index is 14.5. The van der Waals surface area contributed by atoms with Gasteiger partial charge < -0.3 is 30.6 Å². The molecule has 0 radical (unpaired) electrons. The number of benzene rings is 3. The quantitative estimate of drug-likeness (QED) is 0.195. The van der Waals surface area contributed by atoms with Crippen LogP contribution in [0, 0.1) is 5.92 Å². The van der Waals surface area contributed by atoms with E-state index in [1.165, 1.54) is 4.90 Å². The largest absolute Gasteiger partial charge is 0.496 e. The minimum absolute atomic E-state index is 0.0116. The molecular weight excluding hydrogens is 598 g/mol. The summed E-state index contributed by atoms with van der Waals surface area (Å²) < 4.78 is 5.43. The molecule has 0 aliphatic carbocycles. The van der Waals surface area contributed by atoms with Gasteiger partial charge in [0.05, 0.1) is 12.5 Å². The number of likely N-dealkylation sites (tertiary alicyclic amines) is 1. The van der Waals surface area contributed by atoms with Crippen LogP contribution in [0.1, 0.15) is 48.3 Å². The third-order valence-electron chi connectivity index (χ3n) is 8.99. The van der Waals surface area contributed by atoms with Gasteiger partial charge in [-0.1, -0.05) is 68.4 Å². The van der Waals surface area contributed by atoms with Crippen LogP contribution in [0.4, 0.5) is 5.69 Å². The highest BCUT2D eigenvalue weighted by atomic mass is 16.5. The molecule has 0 bridgehead atoms. The Kier molecular flexibility index (Phi) is 8.55. The first-order chi connectivity index (χ1) is 22.6. The van der Waals surface area contributed by atoms with Crippen LogP contribution >= 0.6 is 0 Å². The monoisotopic (exact) mass is 635 g/mol. The Balaban J connectivity index is 1.30. The molecule has 47 heavy (non-hydrogen) atoms. The number of fused-ring (bicyclic) bond motifs is 3. The minimum Gasteiger partial charge on any atom is -0.496 e. The van der Waals surface area contributed by atoms with E-state index in [4.69, 9.17) is 4.74 Å². The molecule has 6 rings (SSSR count). The van der Waals surface area contributed by atoms with Gasteiger partial charge in [-0.25, -0.2) is 0 Å². The van der Waals surface area contributed by atoms with E-state index in [1.54, 1.807) is 49.6 Å². The van der Waals surface area contributed by atoms with Crippen molar-refractivity contribution in [3.8, 4) is 5.75 Å². The fraction of sp³-hybridized carbons (Fsp3) is 0.306. The van der Waals surface area contributed by atoms with Crippen molar-refractivity contribution in [1.82, 2.24) is 20.5 Å². The molecule has 242 valence electrons. The number of ketones is 1. The molecule has 1 fully saturated rings. The highest BCUT2D eigenvalue weighted by molar-refractivity contribution is 6.38. The van der Waals surface area contributed by atoms with Gasteiger partial charge in [-0.05, 0) is 54.2 Å². The van der Waals surface area contributed by atoms with Crippen molar-refractivity contribution in [3.63, 3.8) is 0 Å². The molecule has 2 aliphatic heterocycles. The van der Waals surface area contributed by atoms with Crippen molar-refractivity contribution in [2.45, 2.75) is 50.7 Å². The average Bonchev–Trinajstić information content (AvgIpc) is 3.77. The van der Waals surface area contributed by atoms with Crippen LogP contribution in [-0.2, 0) is 31.1 Å². The van der Waals surface area contributed by atoms with Gasteiger partial charge in [-0.2, -0.15) is 0 Å². The van der Waals surface area contributed by atoms with Gasteiger partial charge in [-0.15, -0.1) is 0 Å². The Bertz CT molecular complexity index is 1870. The Morgan fingerprint density at radius 1 is 1.00 bits per heavy atom. The van der Waals surface area contributed by atoms with Crippen molar-refractivity contribution >= 4 is 46.0 Å². The molecular formula is C36H37N5O6. The number of nitrogens with one attached hydrogen (secondary N) is 4. The van der Waals surface area contributed by atoms with E-state index in [-0.39, 0.29) is 43.5 Å². The number of ether oxygens (including phenoxy) is 1. The van der Waals surface area contributed by atoms with Crippen LogP contribution in [0.15, 0.2) is 78.9 Å². The van der Waals surface area contributed by atoms with Gasteiger partial charge in [-0.3, -0.25) is 24.0 Å². The van der Waals surface area contributed by atoms with Crippen LogP contribution in [0.5, 0.6) is 5.75 Å². The summed E-state index contributed by atoms with van der Waals surface area (Å²) in [6.45, 7) is 3.85. The third kappa shape index (κ3) is 5.96. The number of hydrogen-bond donors (Lipinski definition) is 4. The van der Waals surface area contributed by atoms with Crippen LogP contribution in [0.3, 0.4) is 0 Å². The Morgan fingerprint density at radius 3 is 2.49 bits per heavy atom. The van der Waals surface area contributed by atoms with Crippen LogP contribution in [0.2, 0.25) is 0 Å². The zero-order chi connectivity index (χ0) is 33.3. The van der Waals surface area contributed by atoms with E-state index in [1.807, 2.05) is 50.2 Å². The second-order valence-corrected chi connectivity index (χ2v) is 12.6. The number of H-pyrrole nitrogens is 1. The van der Waals surface area contributed by atoms with Gasteiger partial charge in [0.15, 0.2) is 0 Å². The second-order valence-electron chi connectivity index (χ2n) is 12.6. The summed E-state index contributed by atoms with van der Waals surface area (Å²) in [6, 6.07) is 21.1. The molecule has 0 saturated carbocycles. The number of Topliss-reactive ketones (excluding diaryl/α,β-unsaturated/α-hetero) is 1. The predicted molar refractivity (Wildman–Crippen MR) is 176 cm³/mol. The zero-order valence-corrected chi connectivity index (χ0v) is 26.5. The number of hydrogen-bond acceptors (Lipinski definition) is 6. The molecule has 4 aromatic rings. The lowest BCUT2D eigenvalue weighted by molar-refractivity contribution is -0.145. The van der Waals surface area contributed by atoms with E-state index in [0.29, 0.717) is 27.9 Å². The summed E-state index contributed by atoms with van der Waals surface area (Å²) >= 11 is 0. The van der Waals surface area contributed by atoms with Crippen molar-refractivity contribution in [1.29, 1.82) is 0 Å². The van der Waals surface area contributed by atoms with Gasteiger partial charge in [0.1, 0.15) is 23.5 Å². The standard InChI is InChI=1S/C36H37N5O6/c1-21(2)16-28(39-32(43)27-17-23-25(38-27)14-9-15-30(23)47-3)34(45)41-20-36(24-12-7-8-13-26(24)40-35(36)46)18-29(41)31(42)33(44)37-19-22-10-5-4-6-11-22/h4-15,17,21,28-29,38H,16,18-20H2,1-3H3,(H,37,44)(H,39,43)(H,40,46)/t28-,29?,36-/m0/s1. The van der Waals surface area contributed by atoms with Crippen LogP contribution in [-0.4, -0.2) is 65.0 Å². The second kappa shape index (κ2) is 12.7. The normalized spacial score (nSPS) is 19.0. The first kappa shape index (κ1) is 31.5. The summed E-state index contributed by atoms with van der Waals surface area (Å²) in [5, 5.41) is 9.14. The highest BCUT2D eigenvalue weighted by Crippen LogP contribution is 2.46. The molecule has 1 unspecified atom stereocenters. The molecule has 11 nitrogen and oxygen atoms in total. The number of para-hydroxylation sites is 1. The van der Waals surface area contributed by atoms with Crippen molar-refractivity contribution in [2.24, 2.45) is 5.92 Å². The van der Waals surface area contributed by atoms with Crippen LogP contribution in [0.25, 0.3) is 10.9 Å². The number of nitrogens with zero attached hydrogens (tertiary/aromatic N) is 1. The molecule has 1 saturated heterocycles. The third-order valence-corrected chi connectivity index (χ3v) is 8.99. The minimum atomic E-state index is -1.23. The topological polar surface area (TPSA) is 150 Å². The van der Waals surface area contributed by atoms with Gasteiger partial charge >= 0.3 is 0 Å². The van der Waals surface area contributed by atoms with Gasteiger partial charge in [0.25, 0.3) is 11.8 Å². The first-order valence-electron chi connectivity index (χ1n) is 15.7. The molecule has 2 aliphatic rings. The molecule has 11 heteroatoms. The van der Waals surface area contributed by atoms with E-state index < -0.39 is 41.0 Å². The maximum Gasteiger partial charge on any atom is 0.289 e. The smallest absolute Gasteiger partial charge is 0.289 e.